The summed E-state index contributed by atoms with van der Waals surface area (Å²) in [6, 6.07) is 4.08. The van der Waals surface area contributed by atoms with Crippen molar-refractivity contribution in [3.8, 4) is 11.5 Å². The number of nitrogens with two attached hydrogens (primary N) is 1. The molecule has 1 aromatic heterocycles. The molecule has 1 aromatic carbocycles. The van der Waals surface area contributed by atoms with E-state index in [4.69, 9.17) is 19.9 Å². The lowest BCUT2D eigenvalue weighted by Crippen LogP contribution is -2.48. The van der Waals surface area contributed by atoms with Crippen molar-refractivity contribution < 1.29 is 19.0 Å². The second kappa shape index (κ2) is 7.01. The topological polar surface area (TPSA) is 86.9 Å². The van der Waals surface area contributed by atoms with Crippen molar-refractivity contribution in [2.24, 2.45) is 0 Å². The van der Waals surface area contributed by atoms with Crippen LogP contribution in [-0.4, -0.2) is 49.7 Å². The lowest BCUT2D eigenvalue weighted by Gasteiger charge is -2.45. The fourth-order valence-electron chi connectivity index (χ4n) is 4.02. The van der Waals surface area contributed by atoms with Gasteiger partial charge in [-0.25, -0.2) is 4.98 Å². The molecule has 2 N–H and O–H groups in total. The Labute approximate surface area is 162 Å². The van der Waals surface area contributed by atoms with Crippen LogP contribution in [0.5, 0.6) is 11.5 Å². The molecule has 2 aliphatic heterocycles. The molecular formula is C19H23N3O4S. The highest BCUT2D eigenvalue weighted by molar-refractivity contribution is 7.13. The Morgan fingerprint density at radius 1 is 1.26 bits per heavy atom. The van der Waals surface area contributed by atoms with E-state index in [9.17, 15) is 4.79 Å². The number of rotatable bonds is 3. The van der Waals surface area contributed by atoms with E-state index in [1.54, 1.807) is 19.6 Å². The quantitative estimate of drug-likeness (QED) is 0.868. The minimum Gasteiger partial charge on any atom is -0.493 e. The zero-order valence-electron chi connectivity index (χ0n) is 15.5. The summed E-state index contributed by atoms with van der Waals surface area (Å²) in [6.45, 7) is 1.90. The number of benzene rings is 1. The Bertz CT molecular complexity index is 859. The van der Waals surface area contributed by atoms with E-state index < -0.39 is 0 Å². The number of hydrogen-bond acceptors (Lipinski definition) is 7. The van der Waals surface area contributed by atoms with Gasteiger partial charge in [-0.3, -0.25) is 4.79 Å². The van der Waals surface area contributed by atoms with Crippen molar-refractivity contribution in [2.75, 3.05) is 39.6 Å². The van der Waals surface area contributed by atoms with Crippen molar-refractivity contribution in [3.63, 3.8) is 0 Å². The number of piperidine rings is 1. The number of hydrogen-bond donors (Lipinski definition) is 1. The summed E-state index contributed by atoms with van der Waals surface area (Å²) in [6.07, 6.45) is 2.32. The van der Waals surface area contributed by atoms with Crippen molar-refractivity contribution in [3.05, 3.63) is 34.3 Å². The number of amides is 1. The number of nitrogen functional groups attached to an aromatic ring is 1. The van der Waals surface area contributed by atoms with Crippen LogP contribution in [0.25, 0.3) is 0 Å². The van der Waals surface area contributed by atoms with Crippen LogP contribution < -0.4 is 15.2 Å². The largest absolute Gasteiger partial charge is 0.493 e. The maximum Gasteiger partial charge on any atom is 0.273 e. The first-order valence-corrected chi connectivity index (χ1v) is 9.84. The van der Waals surface area contributed by atoms with Gasteiger partial charge in [-0.2, -0.15) is 0 Å². The first kappa shape index (κ1) is 18.1. The van der Waals surface area contributed by atoms with Gasteiger partial charge in [0.2, 0.25) is 0 Å². The van der Waals surface area contributed by atoms with Crippen LogP contribution in [0.15, 0.2) is 17.5 Å². The molecule has 1 amide bonds. The second-order valence-electron chi connectivity index (χ2n) is 6.82. The van der Waals surface area contributed by atoms with Crippen LogP contribution in [0.3, 0.4) is 0 Å². The monoisotopic (exact) mass is 389 g/mol. The number of carbonyl (C=O) groups excluding carboxylic acids is 1. The lowest BCUT2D eigenvalue weighted by molar-refractivity contribution is -0.0936. The standard InChI is InChI=1S/C19H23N3O4S/c1-24-15-9-12-3-8-26-19(13(12)10-16(15)25-2)4-6-22(7-5-19)17(23)14-11-27-18(20)21-14/h9-11H,3-8H2,1-2H3,(H2,20,21). The van der Waals surface area contributed by atoms with Crippen LogP contribution in [0.4, 0.5) is 5.13 Å². The van der Waals surface area contributed by atoms with Gasteiger partial charge in [-0.05, 0) is 42.5 Å². The molecule has 0 bridgehead atoms. The fourth-order valence-corrected chi connectivity index (χ4v) is 4.56. The molecule has 0 unspecified atom stereocenters. The zero-order chi connectivity index (χ0) is 19.0. The third kappa shape index (κ3) is 3.12. The van der Waals surface area contributed by atoms with Gasteiger partial charge < -0.3 is 24.8 Å². The predicted octanol–water partition coefficient (Wildman–Crippen LogP) is 2.45. The average Bonchev–Trinajstić information content (AvgIpc) is 3.14. The number of methoxy groups -OCH3 is 2. The summed E-state index contributed by atoms with van der Waals surface area (Å²) in [4.78, 5) is 18.6. The number of thiazole rings is 1. The highest BCUT2D eigenvalue weighted by Gasteiger charge is 2.42. The van der Waals surface area contributed by atoms with Crippen LogP contribution in [0.1, 0.15) is 34.5 Å². The first-order valence-electron chi connectivity index (χ1n) is 8.96. The number of carbonyl (C=O) groups is 1. The van der Waals surface area contributed by atoms with Crippen LogP contribution in [-0.2, 0) is 16.8 Å². The summed E-state index contributed by atoms with van der Waals surface area (Å²) in [7, 11) is 3.29. The number of nitrogens with zero attached hydrogens (tertiary/aromatic N) is 2. The molecular weight excluding hydrogens is 366 g/mol. The maximum atomic E-state index is 12.7. The van der Waals surface area contributed by atoms with Gasteiger partial charge in [-0.1, -0.05) is 0 Å². The average molecular weight is 389 g/mol. The Hall–Kier alpha value is -2.32. The van der Waals surface area contributed by atoms with E-state index in [1.165, 1.54) is 16.9 Å². The fraction of sp³-hybridized carbons (Fsp3) is 0.474. The van der Waals surface area contributed by atoms with Gasteiger partial charge in [0.25, 0.3) is 5.91 Å². The molecule has 8 heteroatoms. The third-order valence-corrected chi connectivity index (χ3v) is 6.12. The molecule has 1 fully saturated rings. The zero-order valence-corrected chi connectivity index (χ0v) is 16.3. The van der Waals surface area contributed by atoms with Gasteiger partial charge in [0.15, 0.2) is 16.6 Å². The van der Waals surface area contributed by atoms with Gasteiger partial charge in [-0.15, -0.1) is 11.3 Å². The number of fused-ring (bicyclic) bond motifs is 2. The molecule has 0 saturated carbocycles. The highest BCUT2D eigenvalue weighted by atomic mass is 32.1. The Balaban J connectivity index is 1.57. The van der Waals surface area contributed by atoms with E-state index in [1.807, 2.05) is 17.0 Å². The normalized spacial score (nSPS) is 18.2. The SMILES string of the molecule is COc1cc2c(cc1OC)C1(CCN(C(=O)c3csc(N)n3)CC1)OCC2. The van der Waals surface area contributed by atoms with Crippen molar-refractivity contribution in [1.82, 2.24) is 9.88 Å². The Kier molecular flexibility index (Phi) is 4.69. The molecule has 2 aromatic rings. The summed E-state index contributed by atoms with van der Waals surface area (Å²) in [5, 5.41) is 2.13. The van der Waals surface area contributed by atoms with Gasteiger partial charge in [0.05, 0.1) is 26.4 Å². The molecule has 3 heterocycles. The van der Waals surface area contributed by atoms with E-state index >= 15 is 0 Å². The van der Waals surface area contributed by atoms with E-state index in [-0.39, 0.29) is 11.5 Å². The molecule has 1 spiro atoms. The summed E-state index contributed by atoms with van der Waals surface area (Å²) in [5.41, 5.74) is 8.07. The van der Waals surface area contributed by atoms with Crippen molar-refractivity contribution >= 4 is 22.4 Å². The van der Waals surface area contributed by atoms with Crippen LogP contribution >= 0.6 is 11.3 Å². The first-order chi connectivity index (χ1) is 13.1. The number of anilines is 1. The number of ether oxygens (including phenoxy) is 3. The van der Waals surface area contributed by atoms with E-state index in [0.29, 0.717) is 36.3 Å². The molecule has 2 aliphatic rings. The van der Waals surface area contributed by atoms with Crippen LogP contribution in [0.2, 0.25) is 0 Å². The smallest absolute Gasteiger partial charge is 0.273 e. The van der Waals surface area contributed by atoms with Crippen molar-refractivity contribution in [2.45, 2.75) is 24.9 Å². The van der Waals surface area contributed by atoms with E-state index in [2.05, 4.69) is 4.98 Å². The second-order valence-corrected chi connectivity index (χ2v) is 7.71. The Morgan fingerprint density at radius 3 is 2.59 bits per heavy atom. The molecule has 0 aliphatic carbocycles. The lowest BCUT2D eigenvalue weighted by atomic mass is 9.79. The van der Waals surface area contributed by atoms with Gasteiger partial charge in [0.1, 0.15) is 5.69 Å². The maximum absolute atomic E-state index is 12.7. The predicted molar refractivity (Wildman–Crippen MR) is 103 cm³/mol. The third-order valence-electron chi connectivity index (χ3n) is 5.45. The molecule has 27 heavy (non-hydrogen) atoms. The summed E-state index contributed by atoms with van der Waals surface area (Å²) < 4.78 is 17.2. The van der Waals surface area contributed by atoms with Crippen molar-refractivity contribution in [1.29, 1.82) is 0 Å². The highest BCUT2D eigenvalue weighted by Crippen LogP contribution is 2.45. The molecule has 144 valence electrons. The minimum atomic E-state index is -0.384. The minimum absolute atomic E-state index is 0.0684. The Morgan fingerprint density at radius 2 is 1.96 bits per heavy atom. The number of aromatic nitrogens is 1. The van der Waals surface area contributed by atoms with E-state index in [0.717, 1.165) is 30.6 Å². The van der Waals surface area contributed by atoms with Gasteiger partial charge >= 0.3 is 0 Å². The van der Waals surface area contributed by atoms with Gasteiger partial charge in [0, 0.05) is 18.5 Å². The molecule has 0 radical (unpaired) electrons. The summed E-state index contributed by atoms with van der Waals surface area (Å²) in [5.74, 6) is 1.38. The summed E-state index contributed by atoms with van der Waals surface area (Å²) >= 11 is 1.29. The number of likely N-dealkylation sites (tertiary alicyclic amines) is 1. The molecule has 0 atom stereocenters. The molecule has 7 nitrogen and oxygen atoms in total. The molecule has 1 saturated heterocycles. The van der Waals surface area contributed by atoms with Crippen LogP contribution in [0, 0.1) is 0 Å². The molecule has 4 rings (SSSR count).